The minimum Gasteiger partial charge on any atom is -0.457 e. The van der Waals surface area contributed by atoms with Gasteiger partial charge in [0, 0.05) is 17.5 Å². The molecule has 0 unspecified atom stereocenters. The Labute approximate surface area is 144 Å². The largest absolute Gasteiger partial charge is 0.457 e. The summed E-state index contributed by atoms with van der Waals surface area (Å²) in [5.41, 5.74) is 3.43. The van der Waals surface area contributed by atoms with Crippen LogP contribution >= 0.6 is 0 Å². The van der Waals surface area contributed by atoms with Gasteiger partial charge in [0.2, 0.25) is 0 Å². The van der Waals surface area contributed by atoms with Crippen molar-refractivity contribution >= 4 is 22.6 Å². The molecular weight excluding hydrogens is 320 g/mol. The van der Waals surface area contributed by atoms with Crippen LogP contribution in [0.4, 0.5) is 5.69 Å². The van der Waals surface area contributed by atoms with Crippen LogP contribution in [-0.2, 0) is 11.3 Å². The number of carbonyl (C=O) groups excluding carboxylic acids is 1. The molecule has 0 bridgehead atoms. The summed E-state index contributed by atoms with van der Waals surface area (Å²) in [4.78, 5) is 27.2. The van der Waals surface area contributed by atoms with E-state index in [1.165, 1.54) is 12.1 Å². The second-order valence-corrected chi connectivity index (χ2v) is 5.71. The molecule has 1 aromatic heterocycles. The number of nitro groups is 1. The van der Waals surface area contributed by atoms with E-state index < -0.39 is 10.9 Å². The average Bonchev–Trinajstić information content (AvgIpc) is 2.60. The van der Waals surface area contributed by atoms with Crippen molar-refractivity contribution in [2.24, 2.45) is 0 Å². The molecule has 25 heavy (non-hydrogen) atoms. The number of hydrogen-bond acceptors (Lipinski definition) is 5. The number of aryl methyl sites for hydroxylation is 2. The van der Waals surface area contributed by atoms with Gasteiger partial charge in [0.15, 0.2) is 0 Å². The van der Waals surface area contributed by atoms with Gasteiger partial charge in [-0.25, -0.2) is 4.79 Å². The van der Waals surface area contributed by atoms with E-state index in [0.29, 0.717) is 16.8 Å². The fourth-order valence-corrected chi connectivity index (χ4v) is 2.77. The van der Waals surface area contributed by atoms with Gasteiger partial charge in [0.25, 0.3) is 5.69 Å². The first-order chi connectivity index (χ1) is 12.0. The molecule has 0 saturated carbocycles. The molecule has 1 heterocycles. The normalized spacial score (nSPS) is 10.6. The lowest BCUT2D eigenvalue weighted by Crippen LogP contribution is -2.11. The van der Waals surface area contributed by atoms with E-state index in [1.807, 2.05) is 31.2 Å². The van der Waals surface area contributed by atoms with Gasteiger partial charge in [-0.2, -0.15) is 0 Å². The minimum absolute atomic E-state index is 0.000458. The smallest absolute Gasteiger partial charge is 0.340 e. The van der Waals surface area contributed by atoms with Crippen molar-refractivity contribution < 1.29 is 14.5 Å². The quantitative estimate of drug-likeness (QED) is 0.407. The first kappa shape index (κ1) is 16.6. The molecule has 2 aromatic carbocycles. The van der Waals surface area contributed by atoms with Crippen LogP contribution in [0, 0.1) is 24.0 Å². The van der Waals surface area contributed by atoms with E-state index in [-0.39, 0.29) is 12.3 Å². The molecule has 0 aliphatic carbocycles. The Morgan fingerprint density at radius 3 is 2.48 bits per heavy atom. The molecule has 3 rings (SSSR count). The van der Waals surface area contributed by atoms with Gasteiger partial charge in [-0.05, 0) is 43.2 Å². The number of aromatic nitrogens is 1. The molecule has 0 aliphatic heterocycles. The fourth-order valence-electron chi connectivity index (χ4n) is 2.77. The summed E-state index contributed by atoms with van der Waals surface area (Å²) in [6, 6.07) is 13.5. The summed E-state index contributed by atoms with van der Waals surface area (Å²) >= 11 is 0. The van der Waals surface area contributed by atoms with Gasteiger partial charge in [0.05, 0.1) is 21.7 Å². The molecular formula is C19H16N2O4. The standard InChI is InChI=1S/C19H16N2O4/c1-12-16-5-3-4-6-17(16)20-13(2)18(12)19(22)25-11-14-7-9-15(10-8-14)21(23)24/h3-10H,11H2,1-2H3. The average molecular weight is 336 g/mol. The molecule has 0 atom stereocenters. The highest BCUT2D eigenvalue weighted by Crippen LogP contribution is 2.23. The number of hydrogen-bond donors (Lipinski definition) is 0. The summed E-state index contributed by atoms with van der Waals surface area (Å²) in [5.74, 6) is -0.452. The van der Waals surface area contributed by atoms with Gasteiger partial charge < -0.3 is 4.74 Å². The lowest BCUT2D eigenvalue weighted by molar-refractivity contribution is -0.384. The highest BCUT2D eigenvalue weighted by Gasteiger charge is 2.18. The lowest BCUT2D eigenvalue weighted by Gasteiger charge is -2.12. The van der Waals surface area contributed by atoms with Crippen molar-refractivity contribution in [3.63, 3.8) is 0 Å². The summed E-state index contributed by atoms with van der Waals surface area (Å²) in [6.45, 7) is 3.70. The number of pyridine rings is 1. The third-order valence-electron chi connectivity index (χ3n) is 4.05. The van der Waals surface area contributed by atoms with Crippen LogP contribution in [0.5, 0.6) is 0 Å². The molecule has 0 radical (unpaired) electrons. The summed E-state index contributed by atoms with van der Waals surface area (Å²) in [5, 5.41) is 11.6. The molecule has 0 aliphatic rings. The predicted octanol–water partition coefficient (Wildman–Crippen LogP) is 4.12. The number of non-ortho nitro benzene ring substituents is 1. The van der Waals surface area contributed by atoms with Crippen LogP contribution in [0.25, 0.3) is 10.9 Å². The minimum atomic E-state index is -0.469. The number of rotatable bonds is 4. The second-order valence-electron chi connectivity index (χ2n) is 5.71. The second kappa shape index (κ2) is 6.68. The van der Waals surface area contributed by atoms with Crippen molar-refractivity contribution in [1.29, 1.82) is 0 Å². The first-order valence-electron chi connectivity index (χ1n) is 7.74. The third kappa shape index (κ3) is 3.33. The van der Waals surface area contributed by atoms with Crippen molar-refractivity contribution in [3.8, 4) is 0 Å². The molecule has 6 heteroatoms. The molecule has 126 valence electrons. The summed E-state index contributed by atoms with van der Waals surface area (Å²) < 4.78 is 5.38. The van der Waals surface area contributed by atoms with Gasteiger partial charge in [-0.1, -0.05) is 18.2 Å². The Hall–Kier alpha value is -3.28. The van der Waals surface area contributed by atoms with E-state index in [2.05, 4.69) is 4.98 Å². The van der Waals surface area contributed by atoms with E-state index >= 15 is 0 Å². The van der Waals surface area contributed by atoms with Crippen LogP contribution in [0.15, 0.2) is 48.5 Å². The predicted molar refractivity (Wildman–Crippen MR) is 93.4 cm³/mol. The fraction of sp³-hybridized carbons (Fsp3) is 0.158. The molecule has 6 nitrogen and oxygen atoms in total. The Balaban J connectivity index is 1.81. The number of para-hydroxylation sites is 1. The van der Waals surface area contributed by atoms with Crippen LogP contribution in [0.3, 0.4) is 0 Å². The molecule has 0 fully saturated rings. The number of esters is 1. The zero-order valence-corrected chi connectivity index (χ0v) is 13.9. The topological polar surface area (TPSA) is 82.3 Å². The molecule has 0 amide bonds. The molecule has 0 spiro atoms. The lowest BCUT2D eigenvalue weighted by atomic mass is 10.0. The number of nitro benzene ring substituents is 1. The monoisotopic (exact) mass is 336 g/mol. The van der Waals surface area contributed by atoms with E-state index in [0.717, 1.165) is 16.5 Å². The van der Waals surface area contributed by atoms with Gasteiger partial charge in [0.1, 0.15) is 6.61 Å². The number of carbonyl (C=O) groups is 1. The maximum absolute atomic E-state index is 12.5. The van der Waals surface area contributed by atoms with Crippen LogP contribution < -0.4 is 0 Å². The zero-order chi connectivity index (χ0) is 18.0. The van der Waals surface area contributed by atoms with Crippen molar-refractivity contribution in [2.75, 3.05) is 0 Å². The summed E-state index contributed by atoms with van der Waals surface area (Å²) in [6.07, 6.45) is 0. The van der Waals surface area contributed by atoms with Gasteiger partial charge in [-0.15, -0.1) is 0 Å². The highest BCUT2D eigenvalue weighted by atomic mass is 16.6. The van der Waals surface area contributed by atoms with E-state index in [9.17, 15) is 14.9 Å². The first-order valence-corrected chi connectivity index (χ1v) is 7.74. The zero-order valence-electron chi connectivity index (χ0n) is 13.9. The number of ether oxygens (including phenoxy) is 1. The SMILES string of the molecule is Cc1nc2ccccc2c(C)c1C(=O)OCc1ccc([N+](=O)[O-])cc1. The van der Waals surface area contributed by atoms with E-state index in [4.69, 9.17) is 4.74 Å². The Morgan fingerprint density at radius 1 is 1.12 bits per heavy atom. The van der Waals surface area contributed by atoms with Gasteiger partial charge in [-0.3, -0.25) is 15.1 Å². The molecule has 0 saturated heterocycles. The summed E-state index contributed by atoms with van der Waals surface area (Å²) in [7, 11) is 0. The third-order valence-corrected chi connectivity index (χ3v) is 4.05. The molecule has 3 aromatic rings. The maximum atomic E-state index is 12.5. The van der Waals surface area contributed by atoms with Gasteiger partial charge >= 0.3 is 5.97 Å². The Kier molecular flexibility index (Phi) is 4.43. The van der Waals surface area contributed by atoms with Crippen molar-refractivity contribution in [1.82, 2.24) is 4.98 Å². The van der Waals surface area contributed by atoms with Crippen molar-refractivity contribution in [3.05, 3.63) is 81.0 Å². The highest BCUT2D eigenvalue weighted by molar-refractivity contribution is 5.98. The Morgan fingerprint density at radius 2 is 1.80 bits per heavy atom. The van der Waals surface area contributed by atoms with Crippen LogP contribution in [-0.4, -0.2) is 15.9 Å². The number of benzene rings is 2. The van der Waals surface area contributed by atoms with Crippen LogP contribution in [0.1, 0.15) is 27.2 Å². The maximum Gasteiger partial charge on any atom is 0.340 e. The number of fused-ring (bicyclic) bond motifs is 1. The molecule has 0 N–H and O–H groups in total. The van der Waals surface area contributed by atoms with Crippen LogP contribution in [0.2, 0.25) is 0 Å². The Bertz CT molecular complexity index is 965. The van der Waals surface area contributed by atoms with Crippen molar-refractivity contribution in [2.45, 2.75) is 20.5 Å². The van der Waals surface area contributed by atoms with E-state index in [1.54, 1.807) is 19.1 Å². The number of nitrogens with zero attached hydrogens (tertiary/aromatic N) is 2.